The van der Waals surface area contributed by atoms with Crippen molar-refractivity contribution in [3.05, 3.63) is 65.0 Å². The van der Waals surface area contributed by atoms with Gasteiger partial charge < -0.3 is 10.6 Å². The second-order valence-electron chi connectivity index (χ2n) is 5.87. The van der Waals surface area contributed by atoms with Crippen molar-refractivity contribution in [2.24, 2.45) is 4.99 Å². The molecule has 27 heavy (non-hydrogen) atoms. The average molecular weight is 492 g/mol. The lowest BCUT2D eigenvalue weighted by molar-refractivity contribution is -0.137. The van der Waals surface area contributed by atoms with Gasteiger partial charge in [0.25, 0.3) is 0 Å². The van der Waals surface area contributed by atoms with Crippen LogP contribution in [0.4, 0.5) is 13.2 Å². The quantitative estimate of drug-likeness (QED) is 0.359. The maximum Gasteiger partial charge on any atom is 0.416 e. The smallest absolute Gasteiger partial charge is 0.357 e. The standard InChI is InChI=1S/C19H23F3N4.HI/c1-3-23-18(24-11-10-16-5-4-14(2)25-12-16)26-13-15-6-8-17(9-7-15)19(20,21)22;/h4-9,12H,3,10-11,13H2,1-2H3,(H2,23,24,26);1H. The van der Waals surface area contributed by atoms with Gasteiger partial charge in [0.1, 0.15) is 0 Å². The molecule has 0 spiro atoms. The van der Waals surface area contributed by atoms with Gasteiger partial charge in [0.05, 0.1) is 12.1 Å². The van der Waals surface area contributed by atoms with E-state index in [2.05, 4.69) is 20.6 Å². The zero-order valence-electron chi connectivity index (χ0n) is 15.3. The predicted octanol–water partition coefficient (Wildman–Crippen LogP) is 4.32. The Bertz CT molecular complexity index is 713. The fourth-order valence-corrected chi connectivity index (χ4v) is 2.28. The molecule has 148 valence electrons. The van der Waals surface area contributed by atoms with Crippen LogP contribution in [0.5, 0.6) is 0 Å². The molecule has 0 amide bonds. The summed E-state index contributed by atoms with van der Waals surface area (Å²) in [5, 5.41) is 6.35. The topological polar surface area (TPSA) is 49.3 Å². The summed E-state index contributed by atoms with van der Waals surface area (Å²) in [7, 11) is 0. The molecule has 0 aliphatic rings. The molecule has 1 aromatic heterocycles. The lowest BCUT2D eigenvalue weighted by Crippen LogP contribution is -2.38. The Morgan fingerprint density at radius 3 is 2.26 bits per heavy atom. The SMILES string of the molecule is CCNC(=NCc1ccc(C(F)(F)F)cc1)NCCc1ccc(C)nc1.I. The Kier molecular flexibility index (Phi) is 9.54. The highest BCUT2D eigenvalue weighted by Gasteiger charge is 2.29. The molecule has 0 radical (unpaired) electrons. The lowest BCUT2D eigenvalue weighted by atomic mass is 10.1. The van der Waals surface area contributed by atoms with Gasteiger partial charge in [-0.2, -0.15) is 13.2 Å². The van der Waals surface area contributed by atoms with Crippen LogP contribution in [0.3, 0.4) is 0 Å². The molecule has 0 aliphatic carbocycles. The maximum atomic E-state index is 12.6. The predicted molar refractivity (Wildman–Crippen MR) is 112 cm³/mol. The molecule has 2 N–H and O–H groups in total. The second-order valence-corrected chi connectivity index (χ2v) is 5.87. The van der Waals surface area contributed by atoms with Crippen molar-refractivity contribution in [1.29, 1.82) is 0 Å². The molecule has 0 bridgehead atoms. The van der Waals surface area contributed by atoms with Gasteiger partial charge in [-0.15, -0.1) is 24.0 Å². The summed E-state index contributed by atoms with van der Waals surface area (Å²) in [6.07, 6.45) is -1.66. The highest BCUT2D eigenvalue weighted by molar-refractivity contribution is 14.0. The van der Waals surface area contributed by atoms with Crippen LogP contribution in [0, 0.1) is 6.92 Å². The number of rotatable bonds is 6. The van der Waals surface area contributed by atoms with Gasteiger partial charge in [0, 0.05) is 25.0 Å². The monoisotopic (exact) mass is 492 g/mol. The van der Waals surface area contributed by atoms with Crippen molar-refractivity contribution in [2.75, 3.05) is 13.1 Å². The molecule has 1 heterocycles. The van der Waals surface area contributed by atoms with Gasteiger partial charge in [0.15, 0.2) is 5.96 Å². The molecule has 4 nitrogen and oxygen atoms in total. The number of aromatic nitrogens is 1. The molecular weight excluding hydrogens is 468 g/mol. The number of hydrogen-bond acceptors (Lipinski definition) is 2. The minimum absolute atomic E-state index is 0. The molecule has 2 aromatic rings. The zero-order chi connectivity index (χ0) is 19.0. The van der Waals surface area contributed by atoms with E-state index in [1.54, 1.807) is 0 Å². The minimum atomic E-state index is -4.32. The van der Waals surface area contributed by atoms with E-state index in [0.29, 0.717) is 25.6 Å². The van der Waals surface area contributed by atoms with E-state index < -0.39 is 11.7 Å². The molecule has 8 heteroatoms. The van der Waals surface area contributed by atoms with Crippen LogP contribution in [0.2, 0.25) is 0 Å². The maximum absolute atomic E-state index is 12.6. The highest BCUT2D eigenvalue weighted by Crippen LogP contribution is 2.29. The number of guanidine groups is 1. The number of pyridine rings is 1. The number of nitrogens with zero attached hydrogens (tertiary/aromatic N) is 2. The van der Waals surface area contributed by atoms with E-state index in [4.69, 9.17) is 0 Å². The van der Waals surface area contributed by atoms with E-state index in [-0.39, 0.29) is 24.0 Å². The first-order valence-electron chi connectivity index (χ1n) is 8.48. The van der Waals surface area contributed by atoms with E-state index in [0.717, 1.165) is 35.4 Å². The Labute approximate surface area is 174 Å². The Morgan fingerprint density at radius 2 is 1.70 bits per heavy atom. The molecular formula is C19H24F3IN4. The van der Waals surface area contributed by atoms with Gasteiger partial charge in [-0.3, -0.25) is 4.98 Å². The van der Waals surface area contributed by atoms with Crippen molar-refractivity contribution in [3.63, 3.8) is 0 Å². The summed E-state index contributed by atoms with van der Waals surface area (Å²) in [6.45, 7) is 5.59. The lowest BCUT2D eigenvalue weighted by Gasteiger charge is -2.11. The fraction of sp³-hybridized carbons (Fsp3) is 0.368. The van der Waals surface area contributed by atoms with E-state index in [9.17, 15) is 13.2 Å². The number of aryl methyl sites for hydroxylation is 1. The summed E-state index contributed by atoms with van der Waals surface area (Å²) >= 11 is 0. The molecule has 1 aromatic carbocycles. The third-order valence-corrected chi connectivity index (χ3v) is 3.72. The van der Waals surface area contributed by atoms with Crippen LogP contribution >= 0.6 is 24.0 Å². The van der Waals surface area contributed by atoms with Crippen molar-refractivity contribution in [3.8, 4) is 0 Å². The highest BCUT2D eigenvalue weighted by atomic mass is 127. The largest absolute Gasteiger partial charge is 0.416 e. The Morgan fingerprint density at radius 1 is 1.04 bits per heavy atom. The molecule has 2 rings (SSSR count). The first-order valence-corrected chi connectivity index (χ1v) is 8.48. The van der Waals surface area contributed by atoms with Crippen molar-refractivity contribution in [2.45, 2.75) is 33.0 Å². The molecule has 0 fully saturated rings. The zero-order valence-corrected chi connectivity index (χ0v) is 17.6. The average Bonchev–Trinajstić information content (AvgIpc) is 2.61. The van der Waals surface area contributed by atoms with Crippen LogP contribution in [-0.2, 0) is 19.1 Å². The normalized spacial score (nSPS) is 11.7. The minimum Gasteiger partial charge on any atom is -0.357 e. The van der Waals surface area contributed by atoms with Crippen molar-refractivity contribution >= 4 is 29.9 Å². The number of aliphatic imine (C=N–C) groups is 1. The van der Waals surface area contributed by atoms with Crippen LogP contribution in [-0.4, -0.2) is 24.0 Å². The van der Waals surface area contributed by atoms with E-state index in [1.807, 2.05) is 32.2 Å². The number of hydrogen-bond donors (Lipinski definition) is 2. The molecule has 0 saturated heterocycles. The third-order valence-electron chi connectivity index (χ3n) is 3.72. The Hall–Kier alpha value is -1.84. The number of nitrogens with one attached hydrogen (secondary N) is 2. The first-order chi connectivity index (χ1) is 12.4. The summed E-state index contributed by atoms with van der Waals surface area (Å²) in [4.78, 5) is 8.68. The molecule has 0 saturated carbocycles. The van der Waals surface area contributed by atoms with Crippen LogP contribution in [0.1, 0.15) is 29.3 Å². The Balaban J connectivity index is 0.00000364. The van der Waals surface area contributed by atoms with Crippen molar-refractivity contribution < 1.29 is 13.2 Å². The van der Waals surface area contributed by atoms with Gasteiger partial charge in [-0.05, 0) is 49.6 Å². The molecule has 0 aliphatic heterocycles. The van der Waals surface area contributed by atoms with Gasteiger partial charge in [0.2, 0.25) is 0 Å². The van der Waals surface area contributed by atoms with Gasteiger partial charge >= 0.3 is 6.18 Å². The van der Waals surface area contributed by atoms with Gasteiger partial charge in [-0.1, -0.05) is 18.2 Å². The number of halogens is 4. The summed E-state index contributed by atoms with van der Waals surface area (Å²) in [5.41, 5.74) is 2.18. The summed E-state index contributed by atoms with van der Waals surface area (Å²) in [5.74, 6) is 0.632. The molecule has 0 unspecified atom stereocenters. The summed E-state index contributed by atoms with van der Waals surface area (Å²) in [6, 6.07) is 9.07. The fourth-order valence-electron chi connectivity index (χ4n) is 2.28. The van der Waals surface area contributed by atoms with E-state index in [1.165, 1.54) is 12.1 Å². The van der Waals surface area contributed by atoms with E-state index >= 15 is 0 Å². The van der Waals surface area contributed by atoms with Crippen LogP contribution < -0.4 is 10.6 Å². The van der Waals surface area contributed by atoms with Crippen molar-refractivity contribution in [1.82, 2.24) is 15.6 Å². The first kappa shape index (κ1) is 23.2. The number of alkyl halides is 3. The number of benzene rings is 1. The van der Waals surface area contributed by atoms with Crippen LogP contribution in [0.15, 0.2) is 47.6 Å². The third kappa shape index (κ3) is 8.15. The van der Waals surface area contributed by atoms with Crippen LogP contribution in [0.25, 0.3) is 0 Å². The van der Waals surface area contributed by atoms with Gasteiger partial charge in [-0.25, -0.2) is 4.99 Å². The molecule has 0 atom stereocenters. The second kappa shape index (κ2) is 11.1. The summed E-state index contributed by atoms with van der Waals surface area (Å²) < 4.78 is 37.8.